The number of rotatable bonds is 2. The summed E-state index contributed by atoms with van der Waals surface area (Å²) in [4.78, 5) is 15.2. The SMILES string of the molecule is NCC(=O)c1onc2cccnc12. The number of nitrogens with two attached hydrogens (primary N) is 1. The molecular formula is C8H7N3O2. The van der Waals surface area contributed by atoms with E-state index in [1.54, 1.807) is 18.3 Å². The first-order valence-corrected chi connectivity index (χ1v) is 3.76. The van der Waals surface area contributed by atoms with Gasteiger partial charge in [-0.1, -0.05) is 5.16 Å². The molecule has 0 saturated heterocycles. The van der Waals surface area contributed by atoms with E-state index in [2.05, 4.69) is 10.1 Å². The van der Waals surface area contributed by atoms with Gasteiger partial charge in [-0.25, -0.2) is 0 Å². The van der Waals surface area contributed by atoms with Crippen LogP contribution in [0.15, 0.2) is 22.9 Å². The first-order valence-electron chi connectivity index (χ1n) is 3.76. The third kappa shape index (κ3) is 1.19. The standard InChI is InChI=1S/C8H7N3O2/c9-4-6(12)8-7-5(11-13-8)2-1-3-10-7/h1-3H,4,9H2. The van der Waals surface area contributed by atoms with Crippen molar-refractivity contribution in [3.8, 4) is 0 Å². The predicted octanol–water partition coefficient (Wildman–Crippen LogP) is 0.364. The van der Waals surface area contributed by atoms with Crippen LogP contribution in [-0.2, 0) is 0 Å². The Kier molecular flexibility index (Phi) is 1.79. The smallest absolute Gasteiger partial charge is 0.229 e. The third-order valence-corrected chi connectivity index (χ3v) is 1.68. The maximum absolute atomic E-state index is 11.2. The molecule has 0 unspecified atom stereocenters. The minimum absolute atomic E-state index is 0.0964. The summed E-state index contributed by atoms with van der Waals surface area (Å²) in [6, 6.07) is 3.45. The first kappa shape index (κ1) is 7.88. The molecule has 0 aliphatic rings. The van der Waals surface area contributed by atoms with Crippen LogP contribution >= 0.6 is 0 Å². The lowest BCUT2D eigenvalue weighted by atomic mass is 10.2. The zero-order chi connectivity index (χ0) is 9.26. The number of carbonyl (C=O) groups is 1. The van der Waals surface area contributed by atoms with Crippen LogP contribution < -0.4 is 5.73 Å². The van der Waals surface area contributed by atoms with E-state index >= 15 is 0 Å². The fourth-order valence-corrected chi connectivity index (χ4v) is 1.06. The van der Waals surface area contributed by atoms with E-state index in [4.69, 9.17) is 10.3 Å². The summed E-state index contributed by atoms with van der Waals surface area (Å²) in [5.74, 6) is -0.153. The summed E-state index contributed by atoms with van der Waals surface area (Å²) in [7, 11) is 0. The minimum Gasteiger partial charge on any atom is -0.350 e. The zero-order valence-corrected chi connectivity index (χ0v) is 6.73. The van der Waals surface area contributed by atoms with Crippen molar-refractivity contribution in [1.29, 1.82) is 0 Å². The molecule has 0 atom stereocenters. The van der Waals surface area contributed by atoms with E-state index in [0.717, 1.165) is 0 Å². The fourth-order valence-electron chi connectivity index (χ4n) is 1.06. The van der Waals surface area contributed by atoms with Gasteiger partial charge in [0.1, 0.15) is 11.0 Å². The Balaban J connectivity index is 2.64. The average molecular weight is 177 g/mol. The highest BCUT2D eigenvalue weighted by Gasteiger charge is 2.15. The Morgan fingerprint density at radius 3 is 3.23 bits per heavy atom. The van der Waals surface area contributed by atoms with Gasteiger partial charge in [0.2, 0.25) is 11.5 Å². The summed E-state index contributed by atoms with van der Waals surface area (Å²) < 4.78 is 4.83. The molecule has 0 saturated carbocycles. The van der Waals surface area contributed by atoms with Crippen molar-refractivity contribution in [2.24, 2.45) is 5.73 Å². The first-order chi connectivity index (χ1) is 6.33. The molecule has 2 aromatic heterocycles. The number of carbonyl (C=O) groups excluding carboxylic acids is 1. The molecule has 5 nitrogen and oxygen atoms in total. The fraction of sp³-hybridized carbons (Fsp3) is 0.125. The molecule has 0 amide bonds. The number of fused-ring (bicyclic) bond motifs is 1. The van der Waals surface area contributed by atoms with Crippen LogP contribution in [0.2, 0.25) is 0 Å². The number of hydrogen-bond acceptors (Lipinski definition) is 5. The van der Waals surface area contributed by atoms with Gasteiger partial charge < -0.3 is 10.3 Å². The molecule has 13 heavy (non-hydrogen) atoms. The second-order valence-electron chi connectivity index (χ2n) is 2.51. The number of pyridine rings is 1. The van der Waals surface area contributed by atoms with Gasteiger partial charge in [0.15, 0.2) is 0 Å². The number of nitrogens with zero attached hydrogens (tertiary/aromatic N) is 2. The lowest BCUT2D eigenvalue weighted by Crippen LogP contribution is -2.13. The topological polar surface area (TPSA) is 82.0 Å². The highest BCUT2D eigenvalue weighted by Crippen LogP contribution is 2.14. The van der Waals surface area contributed by atoms with Gasteiger partial charge in [0.25, 0.3) is 0 Å². The highest BCUT2D eigenvalue weighted by atomic mass is 16.5. The molecule has 2 aromatic rings. The molecule has 0 bridgehead atoms. The van der Waals surface area contributed by atoms with Gasteiger partial charge in [-0.15, -0.1) is 0 Å². The monoisotopic (exact) mass is 177 g/mol. The molecule has 0 aromatic carbocycles. The minimum atomic E-state index is -0.291. The van der Waals surface area contributed by atoms with E-state index in [-0.39, 0.29) is 18.1 Å². The van der Waals surface area contributed by atoms with Crippen LogP contribution in [0.1, 0.15) is 10.6 Å². The van der Waals surface area contributed by atoms with Crippen molar-refractivity contribution in [2.75, 3.05) is 6.54 Å². The van der Waals surface area contributed by atoms with Gasteiger partial charge in [0.05, 0.1) is 6.54 Å². The van der Waals surface area contributed by atoms with E-state index in [1.807, 2.05) is 0 Å². The van der Waals surface area contributed by atoms with Crippen LogP contribution in [0.25, 0.3) is 11.0 Å². The molecule has 66 valence electrons. The van der Waals surface area contributed by atoms with Crippen LogP contribution in [0.4, 0.5) is 0 Å². The lowest BCUT2D eigenvalue weighted by Gasteiger charge is -1.89. The maximum Gasteiger partial charge on any atom is 0.229 e. The molecule has 0 aliphatic carbocycles. The molecule has 0 spiro atoms. The number of ketones is 1. The summed E-state index contributed by atoms with van der Waals surface area (Å²) >= 11 is 0. The predicted molar refractivity (Wildman–Crippen MR) is 45.2 cm³/mol. The van der Waals surface area contributed by atoms with Crippen molar-refractivity contribution < 1.29 is 9.32 Å². The molecule has 0 aliphatic heterocycles. The summed E-state index contributed by atoms with van der Waals surface area (Å²) in [5.41, 5.74) is 6.23. The van der Waals surface area contributed by atoms with Crippen molar-refractivity contribution >= 4 is 16.8 Å². The Labute approximate surface area is 73.5 Å². The van der Waals surface area contributed by atoms with Crippen LogP contribution in [0, 0.1) is 0 Å². The molecular weight excluding hydrogens is 170 g/mol. The maximum atomic E-state index is 11.2. The van der Waals surface area contributed by atoms with Crippen LogP contribution in [0.3, 0.4) is 0 Å². The number of hydrogen-bond donors (Lipinski definition) is 1. The van der Waals surface area contributed by atoms with E-state index in [9.17, 15) is 4.79 Å². The summed E-state index contributed by atoms with van der Waals surface area (Å²) in [6.07, 6.45) is 1.58. The normalized spacial score (nSPS) is 10.5. The molecule has 2 rings (SSSR count). The van der Waals surface area contributed by atoms with Gasteiger partial charge in [0, 0.05) is 6.20 Å². The van der Waals surface area contributed by atoms with Gasteiger partial charge in [-0.3, -0.25) is 9.78 Å². The quantitative estimate of drug-likeness (QED) is 0.670. The Morgan fingerprint density at radius 1 is 1.62 bits per heavy atom. The van der Waals surface area contributed by atoms with Gasteiger partial charge >= 0.3 is 0 Å². The largest absolute Gasteiger partial charge is 0.350 e. The van der Waals surface area contributed by atoms with Gasteiger partial charge in [-0.2, -0.15) is 0 Å². The average Bonchev–Trinajstić information content (AvgIpc) is 2.60. The Morgan fingerprint density at radius 2 is 2.46 bits per heavy atom. The number of Topliss-reactive ketones (excluding diaryl/α,β-unsaturated/α-hetero) is 1. The highest BCUT2D eigenvalue weighted by molar-refractivity contribution is 6.04. The van der Waals surface area contributed by atoms with Crippen LogP contribution in [0.5, 0.6) is 0 Å². The van der Waals surface area contributed by atoms with Crippen molar-refractivity contribution in [3.05, 3.63) is 24.1 Å². The second kappa shape index (κ2) is 2.95. The molecule has 2 N–H and O–H groups in total. The summed E-state index contributed by atoms with van der Waals surface area (Å²) in [5, 5.41) is 3.67. The zero-order valence-electron chi connectivity index (χ0n) is 6.73. The van der Waals surface area contributed by atoms with E-state index < -0.39 is 0 Å². The van der Waals surface area contributed by atoms with Crippen molar-refractivity contribution in [3.63, 3.8) is 0 Å². The second-order valence-corrected chi connectivity index (χ2v) is 2.51. The van der Waals surface area contributed by atoms with E-state index in [1.165, 1.54) is 0 Å². The molecule has 0 fully saturated rings. The van der Waals surface area contributed by atoms with E-state index in [0.29, 0.717) is 11.0 Å². The Hall–Kier alpha value is -1.75. The molecule has 2 heterocycles. The lowest BCUT2D eigenvalue weighted by molar-refractivity contribution is 0.0968. The van der Waals surface area contributed by atoms with Gasteiger partial charge in [-0.05, 0) is 12.1 Å². The molecule has 0 radical (unpaired) electrons. The van der Waals surface area contributed by atoms with Crippen LogP contribution in [-0.4, -0.2) is 22.5 Å². The summed E-state index contributed by atoms with van der Waals surface area (Å²) in [6.45, 7) is -0.0964. The van der Waals surface area contributed by atoms with Crippen molar-refractivity contribution in [2.45, 2.75) is 0 Å². The molecule has 5 heteroatoms. The third-order valence-electron chi connectivity index (χ3n) is 1.68. The Bertz CT molecular complexity index is 449. The van der Waals surface area contributed by atoms with Crippen molar-refractivity contribution in [1.82, 2.24) is 10.1 Å². The number of aromatic nitrogens is 2.